The third-order valence-corrected chi connectivity index (χ3v) is 9.43. The Morgan fingerprint density at radius 3 is 1.47 bits per heavy atom. The Morgan fingerprint density at radius 1 is 0.418 bits per heavy atom. The van der Waals surface area contributed by atoms with E-state index in [4.69, 9.17) is 0 Å². The minimum atomic E-state index is -2.67. The van der Waals surface area contributed by atoms with E-state index in [9.17, 15) is 26.3 Å². The predicted molar refractivity (Wildman–Crippen MR) is 191 cm³/mol. The normalized spacial score (nSPS) is 11.5. The molecule has 1 heterocycles. The zero-order valence-electron chi connectivity index (χ0n) is 28.1. The summed E-state index contributed by atoms with van der Waals surface area (Å²) in [5, 5.41) is 1.90. The molecule has 0 amide bonds. The number of para-hydroxylation sites is 1. The van der Waals surface area contributed by atoms with E-state index in [2.05, 4.69) is 4.57 Å². The van der Waals surface area contributed by atoms with E-state index in [0.29, 0.717) is 10.5 Å². The Hall–Kier alpha value is -6.56. The molecule has 0 aliphatic carbocycles. The lowest BCUT2D eigenvalue weighted by atomic mass is 9.99. The highest BCUT2D eigenvalue weighted by atomic mass is 19.2. The van der Waals surface area contributed by atoms with Gasteiger partial charge in [-0.2, -0.15) is 0 Å². The number of rotatable bonds is 6. The van der Waals surface area contributed by atoms with Crippen LogP contribution in [0.4, 0.5) is 61.0 Å². The van der Waals surface area contributed by atoms with Crippen molar-refractivity contribution < 1.29 is 43.9 Å². The molecule has 12 heteroatoms. The molecule has 7 aromatic carbocycles. The van der Waals surface area contributed by atoms with Crippen LogP contribution in [-0.4, -0.2) is 4.57 Å². The lowest BCUT2D eigenvalue weighted by molar-refractivity contribution is 0.379. The zero-order chi connectivity index (χ0) is 38.9. The number of benzene rings is 7. The van der Waals surface area contributed by atoms with Crippen LogP contribution in [0, 0.1) is 65.1 Å². The molecule has 0 unspecified atom stereocenters. The molecule has 0 aliphatic heterocycles. The summed E-state index contributed by atoms with van der Waals surface area (Å²) in [5.41, 5.74) is -0.793. The lowest BCUT2D eigenvalue weighted by Crippen LogP contribution is -2.17. The van der Waals surface area contributed by atoms with Crippen molar-refractivity contribution >= 4 is 38.9 Å². The van der Waals surface area contributed by atoms with Crippen LogP contribution in [0.3, 0.4) is 0 Å². The summed E-state index contributed by atoms with van der Waals surface area (Å²) < 4.78 is 150. The molecule has 8 rings (SSSR count). The van der Waals surface area contributed by atoms with Crippen molar-refractivity contribution in [2.75, 3.05) is 4.90 Å². The molecule has 0 radical (unpaired) electrons. The molecule has 0 saturated heterocycles. The fourth-order valence-corrected chi connectivity index (χ4v) is 6.79. The van der Waals surface area contributed by atoms with Gasteiger partial charge in [-0.1, -0.05) is 54.1 Å². The largest absolute Gasteiger partial charge is 0.309 e. The number of aromatic nitrogens is 1. The zero-order valence-corrected chi connectivity index (χ0v) is 28.1. The van der Waals surface area contributed by atoms with Crippen molar-refractivity contribution in [2.24, 2.45) is 0 Å². The highest BCUT2D eigenvalue weighted by Crippen LogP contribution is 2.45. The topological polar surface area (TPSA) is 8.17 Å². The Kier molecular flexibility index (Phi) is 8.63. The van der Waals surface area contributed by atoms with Gasteiger partial charge >= 0.3 is 0 Å². The Morgan fingerprint density at radius 2 is 0.891 bits per heavy atom. The van der Waals surface area contributed by atoms with Crippen LogP contribution in [0.15, 0.2) is 115 Å². The maximum absolute atomic E-state index is 16.0. The number of aryl methyl sites for hydroxylation is 1. The van der Waals surface area contributed by atoms with Crippen molar-refractivity contribution in [1.29, 1.82) is 0 Å². The van der Waals surface area contributed by atoms with E-state index >= 15 is 17.6 Å². The number of hydrogen-bond acceptors (Lipinski definition) is 1. The second kappa shape index (κ2) is 13.4. The van der Waals surface area contributed by atoms with Gasteiger partial charge in [-0.15, -0.1) is 0 Å². The Bertz CT molecular complexity index is 2750. The number of fused-ring (bicyclic) bond motifs is 3. The maximum Gasteiger partial charge on any atom is 0.200 e. The molecule has 1 aromatic heterocycles. The molecule has 274 valence electrons. The van der Waals surface area contributed by atoms with E-state index in [0.717, 1.165) is 62.9 Å². The van der Waals surface area contributed by atoms with Crippen LogP contribution in [0.25, 0.3) is 49.7 Å². The van der Waals surface area contributed by atoms with E-state index in [1.54, 1.807) is 12.1 Å². The van der Waals surface area contributed by atoms with E-state index < -0.39 is 75.0 Å². The fraction of sp³-hybridized carbons (Fsp3) is 0.0233. The smallest absolute Gasteiger partial charge is 0.200 e. The molecule has 8 aromatic rings. The molecule has 0 bridgehead atoms. The van der Waals surface area contributed by atoms with Crippen LogP contribution in [0.2, 0.25) is 0 Å². The summed E-state index contributed by atoms with van der Waals surface area (Å²) in [6, 6.07) is 31.5. The van der Waals surface area contributed by atoms with Gasteiger partial charge in [0.2, 0.25) is 5.82 Å². The van der Waals surface area contributed by atoms with Gasteiger partial charge in [0, 0.05) is 27.8 Å². The molecule has 55 heavy (non-hydrogen) atoms. The van der Waals surface area contributed by atoms with Gasteiger partial charge in [0.05, 0.1) is 22.2 Å². The van der Waals surface area contributed by atoms with Gasteiger partial charge in [-0.3, -0.25) is 0 Å². The van der Waals surface area contributed by atoms with Crippen LogP contribution in [-0.2, 0) is 0 Å². The summed E-state index contributed by atoms with van der Waals surface area (Å²) in [4.78, 5) is 0.681. The quantitative estimate of drug-likeness (QED) is 0.0932. The molecule has 2 nitrogen and oxygen atoms in total. The van der Waals surface area contributed by atoms with E-state index in [-0.39, 0.29) is 11.4 Å². The van der Waals surface area contributed by atoms with Gasteiger partial charge in [-0.25, -0.2) is 43.9 Å². The summed E-state index contributed by atoms with van der Waals surface area (Å²) in [6.07, 6.45) is 0. The Labute approximate surface area is 305 Å². The van der Waals surface area contributed by atoms with Gasteiger partial charge in [0.25, 0.3) is 0 Å². The second-order valence-corrected chi connectivity index (χ2v) is 12.7. The van der Waals surface area contributed by atoms with Crippen LogP contribution in [0.5, 0.6) is 0 Å². The SMILES string of the molecule is Cc1ccc(-n2c3ccccc3c3cc(-c4ccc(N(c5ccc(F)cc5)c5c(F)c(F)c(-c6c(F)c(F)c(F)c(F)c6F)c(F)c5F)cc4)ccc32)cc1. The molecular formula is C43H22F10N2. The van der Waals surface area contributed by atoms with Crippen molar-refractivity contribution in [2.45, 2.75) is 6.92 Å². The first-order valence-corrected chi connectivity index (χ1v) is 16.5. The second-order valence-electron chi connectivity index (χ2n) is 12.7. The average Bonchev–Trinajstić information content (AvgIpc) is 3.53. The summed E-state index contributed by atoms with van der Waals surface area (Å²) in [5.74, 6) is -23.3. The van der Waals surface area contributed by atoms with Crippen molar-refractivity contribution in [3.63, 3.8) is 0 Å². The molecule has 0 spiro atoms. The summed E-state index contributed by atoms with van der Waals surface area (Å²) >= 11 is 0. The average molecular weight is 757 g/mol. The molecule has 0 aliphatic rings. The highest BCUT2D eigenvalue weighted by Gasteiger charge is 2.36. The number of halogens is 10. The van der Waals surface area contributed by atoms with Crippen molar-refractivity contribution in [3.05, 3.63) is 179 Å². The van der Waals surface area contributed by atoms with Gasteiger partial charge in [-0.05, 0) is 84.8 Å². The van der Waals surface area contributed by atoms with E-state index in [1.165, 1.54) is 12.1 Å². The number of hydrogen-bond donors (Lipinski definition) is 0. The van der Waals surface area contributed by atoms with Crippen LogP contribution in [0.1, 0.15) is 5.56 Å². The van der Waals surface area contributed by atoms with Crippen molar-refractivity contribution in [3.8, 4) is 27.9 Å². The molecule has 0 N–H and O–H groups in total. The van der Waals surface area contributed by atoms with Gasteiger partial charge in [0.1, 0.15) is 11.5 Å². The predicted octanol–water partition coefficient (Wildman–Crippen LogP) is 13.3. The van der Waals surface area contributed by atoms with Gasteiger partial charge < -0.3 is 9.47 Å². The summed E-state index contributed by atoms with van der Waals surface area (Å²) in [7, 11) is 0. The van der Waals surface area contributed by atoms with Crippen LogP contribution < -0.4 is 4.90 Å². The number of anilines is 3. The van der Waals surface area contributed by atoms with Gasteiger partial charge in [0.15, 0.2) is 46.5 Å². The van der Waals surface area contributed by atoms with Crippen LogP contribution >= 0.6 is 0 Å². The fourth-order valence-electron chi connectivity index (χ4n) is 6.79. The minimum absolute atomic E-state index is 0.104. The first kappa shape index (κ1) is 35.5. The summed E-state index contributed by atoms with van der Waals surface area (Å²) in [6.45, 7) is 2.00. The first-order chi connectivity index (χ1) is 26.4. The monoisotopic (exact) mass is 756 g/mol. The molecular weight excluding hydrogens is 734 g/mol. The molecule has 0 atom stereocenters. The molecule has 0 saturated carbocycles. The molecule has 0 fully saturated rings. The third kappa shape index (κ3) is 5.67. The standard InChI is InChI=1S/C43H22F10N2/c1-21-6-13-27(14-7-21)55-30-5-3-2-4-28(30)29-20-23(10-19-31(29)55)22-8-15-25(16-9-22)54(26-17-11-24(44)12-18-26)43-41(52)36(47)33(37(48)42(43)53)32-34(45)38(49)40(51)39(50)35(32)46/h2-20H,1H3. The third-order valence-electron chi connectivity index (χ3n) is 9.43. The maximum atomic E-state index is 16.0. The first-order valence-electron chi connectivity index (χ1n) is 16.5. The lowest BCUT2D eigenvalue weighted by Gasteiger charge is -2.27. The van der Waals surface area contributed by atoms with Crippen molar-refractivity contribution in [1.82, 2.24) is 4.57 Å². The highest BCUT2D eigenvalue weighted by molar-refractivity contribution is 6.10. The minimum Gasteiger partial charge on any atom is -0.309 e. The number of nitrogens with zero attached hydrogens (tertiary/aromatic N) is 2. The Balaban J connectivity index is 1.26. The van der Waals surface area contributed by atoms with E-state index in [1.807, 2.05) is 73.7 Å².